The largest absolute Gasteiger partial charge is 0.347 e. The smallest absolute Gasteiger partial charge is 0.251 e. The zero-order chi connectivity index (χ0) is 13.9. The zero-order valence-corrected chi connectivity index (χ0v) is 13.3. The van der Waals surface area contributed by atoms with Crippen molar-refractivity contribution in [2.45, 2.75) is 51.5 Å². The first kappa shape index (κ1) is 14.6. The summed E-state index contributed by atoms with van der Waals surface area (Å²) in [6.45, 7) is 4.23. The van der Waals surface area contributed by atoms with Crippen LogP contribution < -0.4 is 5.32 Å². The molecule has 1 aromatic carbocycles. The van der Waals surface area contributed by atoms with E-state index in [1.165, 1.54) is 17.5 Å². The van der Waals surface area contributed by atoms with Gasteiger partial charge in [-0.15, -0.1) is 0 Å². The van der Waals surface area contributed by atoms with Crippen LogP contribution in [0.15, 0.2) is 18.2 Å². The standard InChI is InChI=1S/C16H22BrNO/c1-3-16(2,9-10-17)18-15(19)14-8-7-12-5-4-6-13(12)11-14/h7-8,11H,3-6,9-10H2,1-2H3,(H,18,19). The van der Waals surface area contributed by atoms with Crippen LogP contribution in [0.25, 0.3) is 0 Å². The van der Waals surface area contributed by atoms with Crippen molar-refractivity contribution in [3.63, 3.8) is 0 Å². The van der Waals surface area contributed by atoms with E-state index in [1.807, 2.05) is 6.07 Å². The molecule has 3 heteroatoms. The van der Waals surface area contributed by atoms with Crippen LogP contribution in [0, 0.1) is 0 Å². The number of rotatable bonds is 5. The van der Waals surface area contributed by atoms with E-state index < -0.39 is 0 Å². The van der Waals surface area contributed by atoms with Crippen molar-refractivity contribution in [3.05, 3.63) is 34.9 Å². The van der Waals surface area contributed by atoms with Crippen LogP contribution in [0.1, 0.15) is 54.6 Å². The minimum Gasteiger partial charge on any atom is -0.347 e. The second-order valence-electron chi connectivity index (χ2n) is 5.64. The summed E-state index contributed by atoms with van der Waals surface area (Å²) in [7, 11) is 0. The summed E-state index contributed by atoms with van der Waals surface area (Å²) in [4.78, 5) is 12.4. The van der Waals surface area contributed by atoms with Crippen LogP contribution >= 0.6 is 15.9 Å². The molecule has 0 spiro atoms. The molecule has 1 aliphatic rings. The summed E-state index contributed by atoms with van der Waals surface area (Å²) >= 11 is 3.46. The van der Waals surface area contributed by atoms with E-state index in [0.29, 0.717) is 0 Å². The lowest BCUT2D eigenvalue weighted by atomic mass is 9.94. The number of nitrogens with one attached hydrogen (secondary N) is 1. The Bertz CT molecular complexity index is 472. The summed E-state index contributed by atoms with van der Waals surface area (Å²) in [6.07, 6.45) is 5.38. The molecule has 19 heavy (non-hydrogen) atoms. The second-order valence-corrected chi connectivity index (χ2v) is 6.44. The van der Waals surface area contributed by atoms with Gasteiger partial charge in [0.1, 0.15) is 0 Å². The molecule has 1 atom stereocenters. The van der Waals surface area contributed by atoms with Crippen LogP contribution in [0.4, 0.5) is 0 Å². The van der Waals surface area contributed by atoms with Crippen molar-refractivity contribution in [2.75, 3.05) is 5.33 Å². The monoisotopic (exact) mass is 323 g/mol. The van der Waals surface area contributed by atoms with E-state index in [4.69, 9.17) is 0 Å². The molecule has 2 nitrogen and oxygen atoms in total. The van der Waals surface area contributed by atoms with Gasteiger partial charge in [-0.2, -0.15) is 0 Å². The van der Waals surface area contributed by atoms with Gasteiger partial charge in [0.25, 0.3) is 5.91 Å². The molecule has 1 amide bonds. The minimum absolute atomic E-state index is 0.0556. The van der Waals surface area contributed by atoms with Gasteiger partial charge in [0.05, 0.1) is 0 Å². The second kappa shape index (κ2) is 6.08. The third kappa shape index (κ3) is 3.38. The van der Waals surface area contributed by atoms with Crippen molar-refractivity contribution >= 4 is 21.8 Å². The summed E-state index contributed by atoms with van der Waals surface area (Å²) in [5, 5.41) is 4.09. The number of fused-ring (bicyclic) bond motifs is 1. The lowest BCUT2D eigenvalue weighted by Gasteiger charge is -2.29. The number of carbonyl (C=O) groups excluding carboxylic acids is 1. The lowest BCUT2D eigenvalue weighted by Crippen LogP contribution is -2.45. The lowest BCUT2D eigenvalue weighted by molar-refractivity contribution is 0.0901. The molecule has 1 aliphatic carbocycles. The number of aryl methyl sites for hydroxylation is 2. The van der Waals surface area contributed by atoms with E-state index in [2.05, 4.69) is 47.2 Å². The average molecular weight is 324 g/mol. The molecule has 1 aromatic rings. The first-order chi connectivity index (χ1) is 9.08. The van der Waals surface area contributed by atoms with Crippen LogP contribution in [0.3, 0.4) is 0 Å². The van der Waals surface area contributed by atoms with E-state index in [0.717, 1.165) is 36.6 Å². The Hall–Kier alpha value is -0.830. The Morgan fingerprint density at radius 3 is 2.79 bits per heavy atom. The maximum absolute atomic E-state index is 12.4. The normalized spacial score (nSPS) is 16.8. The number of benzene rings is 1. The van der Waals surface area contributed by atoms with Crippen LogP contribution in [-0.2, 0) is 12.8 Å². The highest BCUT2D eigenvalue weighted by molar-refractivity contribution is 9.09. The Labute approximate surface area is 124 Å². The van der Waals surface area contributed by atoms with Gasteiger partial charge in [0.2, 0.25) is 0 Å². The van der Waals surface area contributed by atoms with Crippen LogP contribution in [-0.4, -0.2) is 16.8 Å². The molecule has 0 saturated heterocycles. The van der Waals surface area contributed by atoms with Crippen LogP contribution in [0.2, 0.25) is 0 Å². The predicted octanol–water partition coefficient (Wildman–Crippen LogP) is 3.86. The van der Waals surface area contributed by atoms with Crippen molar-refractivity contribution in [1.82, 2.24) is 5.32 Å². The molecule has 1 N–H and O–H groups in total. The summed E-state index contributed by atoms with van der Waals surface area (Å²) in [5.74, 6) is 0.0556. The average Bonchev–Trinajstić information content (AvgIpc) is 2.86. The third-order valence-electron chi connectivity index (χ3n) is 4.20. The fourth-order valence-electron chi connectivity index (χ4n) is 2.60. The number of hydrogen-bond acceptors (Lipinski definition) is 1. The van der Waals surface area contributed by atoms with E-state index in [1.54, 1.807) is 0 Å². The maximum Gasteiger partial charge on any atom is 0.251 e. The highest BCUT2D eigenvalue weighted by atomic mass is 79.9. The Kier molecular flexibility index (Phi) is 4.67. The van der Waals surface area contributed by atoms with Crippen molar-refractivity contribution in [1.29, 1.82) is 0 Å². The van der Waals surface area contributed by atoms with Gasteiger partial charge in [-0.25, -0.2) is 0 Å². The van der Waals surface area contributed by atoms with Crippen LogP contribution in [0.5, 0.6) is 0 Å². The molecule has 0 heterocycles. The third-order valence-corrected chi connectivity index (χ3v) is 4.60. The first-order valence-corrected chi connectivity index (χ1v) is 8.20. The van der Waals surface area contributed by atoms with Gasteiger partial charge in [-0.3, -0.25) is 4.79 Å². The zero-order valence-electron chi connectivity index (χ0n) is 11.8. The molecular formula is C16H22BrNO. The number of amides is 1. The van der Waals surface area contributed by atoms with Gasteiger partial charge in [-0.1, -0.05) is 28.9 Å². The van der Waals surface area contributed by atoms with Crippen molar-refractivity contribution in [2.24, 2.45) is 0 Å². The maximum atomic E-state index is 12.4. The molecule has 2 rings (SSSR count). The van der Waals surface area contributed by atoms with E-state index in [-0.39, 0.29) is 11.4 Å². The van der Waals surface area contributed by atoms with Gasteiger partial charge >= 0.3 is 0 Å². The Balaban J connectivity index is 2.11. The van der Waals surface area contributed by atoms with Crippen molar-refractivity contribution < 1.29 is 4.79 Å². The fraction of sp³-hybridized carbons (Fsp3) is 0.562. The molecule has 1 unspecified atom stereocenters. The molecule has 104 valence electrons. The number of hydrogen-bond donors (Lipinski definition) is 1. The summed E-state index contributed by atoms with van der Waals surface area (Å²) < 4.78 is 0. The summed E-state index contributed by atoms with van der Waals surface area (Å²) in [5.41, 5.74) is 3.44. The minimum atomic E-state index is -0.125. The molecule has 0 aromatic heterocycles. The van der Waals surface area contributed by atoms with E-state index in [9.17, 15) is 4.79 Å². The van der Waals surface area contributed by atoms with Gasteiger partial charge in [-0.05, 0) is 62.3 Å². The SMILES string of the molecule is CCC(C)(CCBr)NC(=O)c1ccc2c(c1)CCC2. The first-order valence-electron chi connectivity index (χ1n) is 7.08. The quantitative estimate of drug-likeness (QED) is 0.819. The number of carbonyl (C=O) groups is 1. The molecule has 0 fully saturated rings. The molecule has 0 bridgehead atoms. The van der Waals surface area contributed by atoms with Gasteiger partial charge in [0.15, 0.2) is 0 Å². The highest BCUT2D eigenvalue weighted by Crippen LogP contribution is 2.23. The fourth-order valence-corrected chi connectivity index (χ4v) is 3.47. The molecule has 0 radical (unpaired) electrons. The Morgan fingerprint density at radius 2 is 2.11 bits per heavy atom. The number of alkyl halides is 1. The predicted molar refractivity (Wildman–Crippen MR) is 83.0 cm³/mol. The van der Waals surface area contributed by atoms with E-state index >= 15 is 0 Å². The summed E-state index contributed by atoms with van der Waals surface area (Å²) in [6, 6.07) is 6.15. The van der Waals surface area contributed by atoms with Gasteiger partial charge < -0.3 is 5.32 Å². The number of halogens is 1. The van der Waals surface area contributed by atoms with Crippen molar-refractivity contribution in [3.8, 4) is 0 Å². The molecular weight excluding hydrogens is 302 g/mol. The molecule has 0 aliphatic heterocycles. The highest BCUT2D eigenvalue weighted by Gasteiger charge is 2.24. The molecule has 0 saturated carbocycles. The Morgan fingerprint density at radius 1 is 1.37 bits per heavy atom. The topological polar surface area (TPSA) is 29.1 Å². The van der Waals surface area contributed by atoms with Gasteiger partial charge in [0, 0.05) is 16.4 Å².